The van der Waals surface area contributed by atoms with Gasteiger partial charge in [-0.05, 0) is 104 Å². The van der Waals surface area contributed by atoms with Crippen LogP contribution in [0.4, 0.5) is 0 Å². The van der Waals surface area contributed by atoms with Gasteiger partial charge in [0.2, 0.25) is 0 Å². The first-order valence-corrected chi connectivity index (χ1v) is 13.3. The number of fused-ring (bicyclic) bond motifs is 7. The highest BCUT2D eigenvalue weighted by Gasteiger charge is 2.68. The number of hydrogen-bond donors (Lipinski definition) is 1. The van der Waals surface area contributed by atoms with Gasteiger partial charge in [-0.2, -0.15) is 0 Å². The SMILES string of the molecule is CC1CCC2(NC1)O[C@H]1C[C@H]3[C@@H]4CCC5CCCC[C@]5(C)[C@H]4CC[C@]3(C)C1[C@H]2C. The Labute approximate surface area is 179 Å². The van der Waals surface area contributed by atoms with E-state index < -0.39 is 0 Å². The second-order valence-corrected chi connectivity index (χ2v) is 13.1. The average Bonchev–Trinajstić information content (AvgIpc) is 3.15. The summed E-state index contributed by atoms with van der Waals surface area (Å²) in [6.45, 7) is 11.5. The first-order valence-electron chi connectivity index (χ1n) is 13.3. The van der Waals surface area contributed by atoms with Crippen LogP contribution in [0.25, 0.3) is 0 Å². The van der Waals surface area contributed by atoms with Gasteiger partial charge < -0.3 is 4.74 Å². The Morgan fingerprint density at radius 1 is 0.828 bits per heavy atom. The van der Waals surface area contributed by atoms with E-state index in [1.165, 1.54) is 70.6 Å². The van der Waals surface area contributed by atoms with Crippen LogP contribution in [0.2, 0.25) is 0 Å². The second kappa shape index (κ2) is 6.47. The van der Waals surface area contributed by atoms with Crippen LogP contribution in [0.5, 0.6) is 0 Å². The first kappa shape index (κ1) is 19.6. The molecule has 1 N–H and O–H groups in total. The molecule has 6 fully saturated rings. The molecule has 1 spiro atoms. The van der Waals surface area contributed by atoms with E-state index in [-0.39, 0.29) is 5.72 Å². The Morgan fingerprint density at radius 3 is 2.48 bits per heavy atom. The predicted molar refractivity (Wildman–Crippen MR) is 118 cm³/mol. The normalized spacial score (nSPS) is 61.7. The van der Waals surface area contributed by atoms with Crippen LogP contribution in [0.15, 0.2) is 0 Å². The van der Waals surface area contributed by atoms with Crippen molar-refractivity contribution in [3.8, 4) is 0 Å². The van der Waals surface area contributed by atoms with Crippen molar-refractivity contribution < 1.29 is 4.74 Å². The smallest absolute Gasteiger partial charge is 0.122 e. The topological polar surface area (TPSA) is 21.3 Å². The summed E-state index contributed by atoms with van der Waals surface area (Å²) in [6, 6.07) is 0. The zero-order valence-electron chi connectivity index (χ0n) is 19.5. The van der Waals surface area contributed by atoms with Crippen molar-refractivity contribution >= 4 is 0 Å². The number of ether oxygens (including phenoxy) is 1. The van der Waals surface area contributed by atoms with Crippen molar-refractivity contribution in [2.75, 3.05) is 6.54 Å². The summed E-state index contributed by atoms with van der Waals surface area (Å²) in [5.41, 5.74) is 1.19. The molecule has 2 nitrogen and oxygen atoms in total. The monoisotopic (exact) mass is 399 g/mol. The fourth-order valence-corrected chi connectivity index (χ4v) is 10.5. The van der Waals surface area contributed by atoms with Crippen LogP contribution in [0.3, 0.4) is 0 Å². The molecule has 11 atom stereocenters. The van der Waals surface area contributed by atoms with Crippen LogP contribution in [-0.2, 0) is 4.74 Å². The molecule has 29 heavy (non-hydrogen) atoms. The molecule has 0 amide bonds. The maximum Gasteiger partial charge on any atom is 0.122 e. The minimum atomic E-state index is -0.000316. The number of piperidine rings is 1. The van der Waals surface area contributed by atoms with Crippen LogP contribution >= 0.6 is 0 Å². The molecule has 0 radical (unpaired) electrons. The Kier molecular flexibility index (Phi) is 4.37. The molecule has 4 aliphatic carbocycles. The quantitative estimate of drug-likeness (QED) is 0.509. The average molecular weight is 400 g/mol. The molecule has 164 valence electrons. The van der Waals surface area contributed by atoms with E-state index in [2.05, 4.69) is 33.0 Å². The maximum absolute atomic E-state index is 7.03. The second-order valence-electron chi connectivity index (χ2n) is 13.1. The van der Waals surface area contributed by atoms with E-state index in [0.717, 1.165) is 42.1 Å². The van der Waals surface area contributed by atoms with Gasteiger partial charge in [0.05, 0.1) is 6.10 Å². The van der Waals surface area contributed by atoms with E-state index in [1.807, 2.05) is 0 Å². The Morgan fingerprint density at radius 2 is 1.69 bits per heavy atom. The summed E-state index contributed by atoms with van der Waals surface area (Å²) in [5.74, 6) is 6.23. The summed E-state index contributed by atoms with van der Waals surface area (Å²) < 4.78 is 7.03. The van der Waals surface area contributed by atoms with Gasteiger partial charge in [0, 0.05) is 12.5 Å². The van der Waals surface area contributed by atoms with Gasteiger partial charge in [-0.25, -0.2) is 0 Å². The van der Waals surface area contributed by atoms with Crippen LogP contribution < -0.4 is 5.32 Å². The molecular formula is C27H45NO. The third-order valence-electron chi connectivity index (χ3n) is 12.1. The molecular weight excluding hydrogens is 354 g/mol. The lowest BCUT2D eigenvalue weighted by Crippen LogP contribution is -2.57. The summed E-state index contributed by atoms with van der Waals surface area (Å²) in [6.07, 6.45) is 16.5. The highest BCUT2D eigenvalue weighted by molar-refractivity contribution is 5.16. The maximum atomic E-state index is 7.03. The van der Waals surface area contributed by atoms with Gasteiger partial charge in [0.1, 0.15) is 5.72 Å². The minimum absolute atomic E-state index is 0.000316. The molecule has 2 heteroatoms. The van der Waals surface area contributed by atoms with E-state index in [1.54, 1.807) is 0 Å². The molecule has 0 aromatic carbocycles. The Balaban J connectivity index is 1.27. The Bertz CT molecular complexity index is 653. The summed E-state index contributed by atoms with van der Waals surface area (Å²) in [7, 11) is 0. The van der Waals surface area contributed by atoms with Gasteiger partial charge in [-0.1, -0.05) is 40.5 Å². The number of hydrogen-bond acceptors (Lipinski definition) is 2. The highest BCUT2D eigenvalue weighted by atomic mass is 16.5. The summed E-state index contributed by atoms with van der Waals surface area (Å²) in [4.78, 5) is 0. The number of rotatable bonds is 0. The standard InChI is InChI=1S/C27H45NO/c1-17-10-14-27(28-16-17)18(2)24-23(29-27)15-22-20-9-8-19-7-5-6-12-25(19,3)21(20)11-13-26(22,24)4/h17-24,28H,5-16H2,1-4H3/t17?,18-,19?,20-,21+,22+,23+,24?,25+,26+,27?/m1/s1. The zero-order valence-corrected chi connectivity index (χ0v) is 19.5. The van der Waals surface area contributed by atoms with Gasteiger partial charge in [-0.15, -0.1) is 0 Å². The van der Waals surface area contributed by atoms with E-state index >= 15 is 0 Å². The molecule has 0 bridgehead atoms. The largest absolute Gasteiger partial charge is 0.357 e. The van der Waals surface area contributed by atoms with Crippen molar-refractivity contribution in [1.82, 2.24) is 5.32 Å². The van der Waals surface area contributed by atoms with Crippen molar-refractivity contribution in [1.29, 1.82) is 0 Å². The molecule has 0 aromatic heterocycles. The van der Waals surface area contributed by atoms with E-state index in [9.17, 15) is 0 Å². The van der Waals surface area contributed by atoms with Crippen LogP contribution in [0, 0.1) is 52.3 Å². The molecule has 6 aliphatic rings. The molecule has 2 heterocycles. The van der Waals surface area contributed by atoms with Gasteiger partial charge >= 0.3 is 0 Å². The molecule has 2 aliphatic heterocycles. The lowest BCUT2D eigenvalue weighted by atomic mass is 9.44. The molecule has 4 saturated carbocycles. The zero-order chi connectivity index (χ0) is 20.0. The van der Waals surface area contributed by atoms with Crippen molar-refractivity contribution in [2.24, 2.45) is 52.3 Å². The van der Waals surface area contributed by atoms with Gasteiger partial charge in [-0.3, -0.25) is 5.32 Å². The lowest BCUT2D eigenvalue weighted by Gasteiger charge is -2.61. The van der Waals surface area contributed by atoms with Gasteiger partial charge in [0.25, 0.3) is 0 Å². The van der Waals surface area contributed by atoms with Crippen LogP contribution in [-0.4, -0.2) is 18.4 Å². The molecule has 0 aromatic rings. The third-order valence-corrected chi connectivity index (χ3v) is 12.1. The van der Waals surface area contributed by atoms with Crippen molar-refractivity contribution in [2.45, 2.75) is 110 Å². The van der Waals surface area contributed by atoms with E-state index in [0.29, 0.717) is 22.9 Å². The summed E-state index contributed by atoms with van der Waals surface area (Å²) >= 11 is 0. The lowest BCUT2D eigenvalue weighted by molar-refractivity contribution is -0.132. The molecule has 6 rings (SSSR count). The van der Waals surface area contributed by atoms with E-state index in [4.69, 9.17) is 4.74 Å². The molecule has 4 unspecified atom stereocenters. The predicted octanol–water partition coefficient (Wildman–Crippen LogP) is 6.40. The Hall–Kier alpha value is -0.0800. The first-order chi connectivity index (χ1) is 13.9. The van der Waals surface area contributed by atoms with Crippen molar-refractivity contribution in [3.05, 3.63) is 0 Å². The molecule has 2 saturated heterocycles. The fraction of sp³-hybridized carbons (Fsp3) is 1.00. The third kappa shape index (κ3) is 2.54. The minimum Gasteiger partial charge on any atom is -0.357 e. The van der Waals surface area contributed by atoms with Crippen LogP contribution in [0.1, 0.15) is 98.3 Å². The summed E-state index contributed by atoms with van der Waals surface area (Å²) in [5, 5.41) is 3.91. The number of nitrogens with one attached hydrogen (secondary N) is 1. The highest BCUT2D eigenvalue weighted by Crippen LogP contribution is 2.71. The van der Waals surface area contributed by atoms with Crippen molar-refractivity contribution in [3.63, 3.8) is 0 Å². The van der Waals surface area contributed by atoms with Gasteiger partial charge in [0.15, 0.2) is 0 Å². The fourth-order valence-electron chi connectivity index (χ4n) is 10.5.